The van der Waals surface area contributed by atoms with E-state index in [1.165, 1.54) is 5.56 Å². The summed E-state index contributed by atoms with van der Waals surface area (Å²) in [4.78, 5) is 15.3. The molecule has 0 aliphatic carbocycles. The fraction of sp³-hybridized carbons (Fsp3) is 0.286. The van der Waals surface area contributed by atoms with E-state index >= 15 is 0 Å². The number of carboxylic acids is 1. The molecule has 1 aromatic heterocycles. The Balaban J connectivity index is 2.55. The highest BCUT2D eigenvalue weighted by molar-refractivity contribution is 5.70. The second kappa shape index (κ2) is 4.64. The molecule has 2 aromatic rings. The van der Waals surface area contributed by atoms with Crippen LogP contribution in [0.1, 0.15) is 22.8 Å². The van der Waals surface area contributed by atoms with Gasteiger partial charge in [0.25, 0.3) is 0 Å². The van der Waals surface area contributed by atoms with Gasteiger partial charge in [0.2, 0.25) is 0 Å². The number of aryl methyl sites for hydroxylation is 3. The normalized spacial score (nSPS) is 10.6. The van der Waals surface area contributed by atoms with Crippen LogP contribution in [0.4, 0.5) is 0 Å². The Hall–Kier alpha value is -2.10. The predicted octanol–water partition coefficient (Wildman–Crippen LogP) is 2.42. The Morgan fingerprint density at radius 2 is 1.83 bits per heavy atom. The van der Waals surface area contributed by atoms with Gasteiger partial charge in [0, 0.05) is 5.69 Å². The lowest BCUT2D eigenvalue weighted by molar-refractivity contribution is -0.136. The van der Waals surface area contributed by atoms with Crippen molar-refractivity contribution in [2.75, 3.05) is 0 Å². The van der Waals surface area contributed by atoms with Gasteiger partial charge in [-0.2, -0.15) is 0 Å². The minimum absolute atomic E-state index is 0.0133. The Labute approximate surface area is 106 Å². The maximum Gasteiger partial charge on any atom is 0.309 e. The highest BCUT2D eigenvalue weighted by Crippen LogP contribution is 2.19. The lowest BCUT2D eigenvalue weighted by Crippen LogP contribution is -2.09. The molecule has 0 radical (unpaired) electrons. The highest BCUT2D eigenvalue weighted by atomic mass is 16.4. The molecule has 4 heteroatoms. The summed E-state index contributed by atoms with van der Waals surface area (Å²) in [6.45, 7) is 5.75. The first-order chi connectivity index (χ1) is 8.49. The zero-order valence-corrected chi connectivity index (χ0v) is 10.8. The smallest absolute Gasteiger partial charge is 0.309 e. The van der Waals surface area contributed by atoms with Gasteiger partial charge in [-0.05, 0) is 32.9 Å². The Morgan fingerprint density at radius 3 is 2.39 bits per heavy atom. The van der Waals surface area contributed by atoms with E-state index in [0.29, 0.717) is 0 Å². The van der Waals surface area contributed by atoms with E-state index in [1.807, 2.05) is 49.6 Å². The van der Waals surface area contributed by atoms with Gasteiger partial charge >= 0.3 is 5.97 Å². The summed E-state index contributed by atoms with van der Waals surface area (Å²) in [5.74, 6) is -0.0287. The lowest BCUT2D eigenvalue weighted by atomic mass is 10.2. The largest absolute Gasteiger partial charge is 0.481 e. The molecule has 0 fully saturated rings. The molecule has 0 bridgehead atoms. The molecule has 0 spiro atoms. The summed E-state index contributed by atoms with van der Waals surface area (Å²) < 4.78 is 1.91. The van der Waals surface area contributed by atoms with Crippen molar-refractivity contribution in [3.63, 3.8) is 0 Å². The summed E-state index contributed by atoms with van der Waals surface area (Å²) in [5, 5.41) is 8.97. The molecule has 2 rings (SSSR count). The SMILES string of the molecule is Cc1ccc(-n2c(C)nc(C)c2CC(=O)O)cc1. The average Bonchev–Trinajstić information content (AvgIpc) is 2.55. The second-order valence-corrected chi connectivity index (χ2v) is 4.43. The van der Waals surface area contributed by atoms with E-state index in [9.17, 15) is 4.79 Å². The molecule has 0 amide bonds. The van der Waals surface area contributed by atoms with E-state index in [2.05, 4.69) is 4.98 Å². The summed E-state index contributed by atoms with van der Waals surface area (Å²) in [5.41, 5.74) is 3.64. The molecule has 1 heterocycles. The first-order valence-corrected chi connectivity index (χ1v) is 5.82. The van der Waals surface area contributed by atoms with E-state index in [0.717, 1.165) is 22.9 Å². The Kier molecular flexibility index (Phi) is 3.19. The predicted molar refractivity (Wildman–Crippen MR) is 69.1 cm³/mol. The van der Waals surface area contributed by atoms with Gasteiger partial charge in [-0.1, -0.05) is 17.7 Å². The van der Waals surface area contributed by atoms with Gasteiger partial charge in [-0.25, -0.2) is 4.98 Å². The maximum atomic E-state index is 10.9. The molecule has 0 unspecified atom stereocenters. The molecule has 0 aliphatic heterocycles. The maximum absolute atomic E-state index is 10.9. The first kappa shape index (κ1) is 12.4. The zero-order chi connectivity index (χ0) is 13.3. The van der Waals surface area contributed by atoms with Gasteiger partial charge in [0.05, 0.1) is 17.8 Å². The molecule has 18 heavy (non-hydrogen) atoms. The molecule has 0 saturated heterocycles. The average molecular weight is 244 g/mol. The number of carboxylic acid groups (broad SMARTS) is 1. The molecule has 0 atom stereocenters. The van der Waals surface area contributed by atoms with Crippen molar-refractivity contribution in [1.29, 1.82) is 0 Å². The fourth-order valence-corrected chi connectivity index (χ4v) is 2.10. The molecule has 1 N–H and O–H groups in total. The molecule has 94 valence electrons. The molecular formula is C14H16N2O2. The topological polar surface area (TPSA) is 55.1 Å². The quantitative estimate of drug-likeness (QED) is 0.902. The number of benzene rings is 1. The third-order valence-corrected chi connectivity index (χ3v) is 2.95. The summed E-state index contributed by atoms with van der Waals surface area (Å²) in [6.07, 6.45) is -0.0133. The monoisotopic (exact) mass is 244 g/mol. The number of hydrogen-bond acceptors (Lipinski definition) is 2. The number of imidazole rings is 1. The van der Waals surface area contributed by atoms with E-state index in [-0.39, 0.29) is 6.42 Å². The van der Waals surface area contributed by atoms with Crippen LogP contribution in [0, 0.1) is 20.8 Å². The van der Waals surface area contributed by atoms with Crippen molar-refractivity contribution < 1.29 is 9.90 Å². The third kappa shape index (κ3) is 2.27. The van der Waals surface area contributed by atoms with Crippen LogP contribution in [0.15, 0.2) is 24.3 Å². The van der Waals surface area contributed by atoms with Crippen LogP contribution >= 0.6 is 0 Å². The van der Waals surface area contributed by atoms with Crippen LogP contribution in [0.3, 0.4) is 0 Å². The molecule has 4 nitrogen and oxygen atoms in total. The summed E-state index contributed by atoms with van der Waals surface area (Å²) >= 11 is 0. The van der Waals surface area contributed by atoms with Gasteiger partial charge in [0.1, 0.15) is 5.82 Å². The third-order valence-electron chi connectivity index (χ3n) is 2.95. The molecule has 1 aromatic carbocycles. The standard InChI is InChI=1S/C14H16N2O2/c1-9-4-6-12(7-5-9)16-11(3)15-10(2)13(16)8-14(17)18/h4-7H,8H2,1-3H3,(H,17,18). The minimum Gasteiger partial charge on any atom is -0.481 e. The van der Waals surface area contributed by atoms with Crippen LogP contribution in [0.2, 0.25) is 0 Å². The van der Waals surface area contributed by atoms with Crippen molar-refractivity contribution in [2.45, 2.75) is 27.2 Å². The minimum atomic E-state index is -0.841. The lowest BCUT2D eigenvalue weighted by Gasteiger charge is -2.10. The second-order valence-electron chi connectivity index (χ2n) is 4.43. The zero-order valence-electron chi connectivity index (χ0n) is 10.8. The number of aromatic nitrogens is 2. The summed E-state index contributed by atoms with van der Waals surface area (Å²) in [6, 6.07) is 7.98. The fourth-order valence-electron chi connectivity index (χ4n) is 2.10. The van der Waals surface area contributed by atoms with E-state index < -0.39 is 5.97 Å². The van der Waals surface area contributed by atoms with Crippen molar-refractivity contribution in [3.05, 3.63) is 47.0 Å². The molecule has 0 aliphatic rings. The van der Waals surface area contributed by atoms with Crippen LogP contribution in [0.25, 0.3) is 5.69 Å². The molecule has 0 saturated carbocycles. The van der Waals surface area contributed by atoms with E-state index in [1.54, 1.807) is 0 Å². The van der Waals surface area contributed by atoms with Crippen LogP contribution in [-0.4, -0.2) is 20.6 Å². The van der Waals surface area contributed by atoms with Gasteiger partial charge < -0.3 is 9.67 Å². The van der Waals surface area contributed by atoms with Gasteiger partial charge in [0.15, 0.2) is 0 Å². The number of aliphatic carboxylic acids is 1. The number of carbonyl (C=O) groups is 1. The van der Waals surface area contributed by atoms with Crippen LogP contribution < -0.4 is 0 Å². The van der Waals surface area contributed by atoms with Crippen molar-refractivity contribution in [3.8, 4) is 5.69 Å². The van der Waals surface area contributed by atoms with Crippen molar-refractivity contribution in [2.24, 2.45) is 0 Å². The van der Waals surface area contributed by atoms with Gasteiger partial charge in [-0.15, -0.1) is 0 Å². The van der Waals surface area contributed by atoms with Crippen LogP contribution in [-0.2, 0) is 11.2 Å². The Bertz CT molecular complexity index is 583. The number of hydrogen-bond donors (Lipinski definition) is 1. The molecular weight excluding hydrogens is 228 g/mol. The van der Waals surface area contributed by atoms with E-state index in [4.69, 9.17) is 5.11 Å². The van der Waals surface area contributed by atoms with Crippen molar-refractivity contribution in [1.82, 2.24) is 9.55 Å². The van der Waals surface area contributed by atoms with Crippen LogP contribution in [0.5, 0.6) is 0 Å². The first-order valence-electron chi connectivity index (χ1n) is 5.82. The Morgan fingerprint density at radius 1 is 1.22 bits per heavy atom. The highest BCUT2D eigenvalue weighted by Gasteiger charge is 2.15. The van der Waals surface area contributed by atoms with Gasteiger partial charge in [-0.3, -0.25) is 4.79 Å². The number of rotatable bonds is 3. The summed E-state index contributed by atoms with van der Waals surface area (Å²) in [7, 11) is 0. The number of nitrogens with zero attached hydrogens (tertiary/aromatic N) is 2. The van der Waals surface area contributed by atoms with Crippen molar-refractivity contribution >= 4 is 5.97 Å².